The molecule has 30 heavy (non-hydrogen) atoms. The highest BCUT2D eigenvalue weighted by molar-refractivity contribution is 7.18. The molecule has 0 aromatic carbocycles. The first-order valence-electron chi connectivity index (χ1n) is 11.2. The first-order valence-corrected chi connectivity index (χ1v) is 12.0. The number of fused-ring (bicyclic) bond motifs is 3. The summed E-state index contributed by atoms with van der Waals surface area (Å²) in [6.45, 7) is 4.96. The van der Waals surface area contributed by atoms with Crippen LogP contribution < -0.4 is 5.56 Å². The monoisotopic (exact) mass is 431 g/mol. The van der Waals surface area contributed by atoms with E-state index in [-0.39, 0.29) is 24.2 Å². The van der Waals surface area contributed by atoms with Gasteiger partial charge in [-0.2, -0.15) is 0 Å². The fourth-order valence-electron chi connectivity index (χ4n) is 4.73. The van der Waals surface area contributed by atoms with Crippen LogP contribution in [-0.2, 0) is 35.5 Å². The van der Waals surface area contributed by atoms with Crippen molar-refractivity contribution in [2.75, 3.05) is 14.1 Å². The molecule has 2 heterocycles. The van der Waals surface area contributed by atoms with E-state index in [1.54, 1.807) is 15.9 Å². The van der Waals surface area contributed by atoms with Crippen molar-refractivity contribution < 1.29 is 9.53 Å². The number of hydrogen-bond acceptors (Lipinski definition) is 6. The summed E-state index contributed by atoms with van der Waals surface area (Å²) >= 11 is 1.66. The molecule has 4 rings (SSSR count). The van der Waals surface area contributed by atoms with E-state index in [1.165, 1.54) is 4.88 Å². The normalized spacial score (nSPS) is 24.2. The van der Waals surface area contributed by atoms with Crippen molar-refractivity contribution in [2.45, 2.75) is 78.0 Å². The van der Waals surface area contributed by atoms with Crippen LogP contribution in [0.3, 0.4) is 0 Å². The van der Waals surface area contributed by atoms with Gasteiger partial charge >= 0.3 is 5.97 Å². The second kappa shape index (κ2) is 8.79. The predicted octanol–water partition coefficient (Wildman–Crippen LogP) is 3.77. The smallest absolute Gasteiger partial charge is 0.326 e. The van der Waals surface area contributed by atoms with E-state index in [0.29, 0.717) is 24.2 Å². The van der Waals surface area contributed by atoms with Crippen LogP contribution in [0.25, 0.3) is 10.2 Å². The van der Waals surface area contributed by atoms with Gasteiger partial charge in [-0.05, 0) is 76.4 Å². The lowest BCUT2D eigenvalue weighted by Gasteiger charge is -2.26. The van der Waals surface area contributed by atoms with E-state index >= 15 is 0 Å². The molecule has 2 aliphatic carbocycles. The Morgan fingerprint density at radius 3 is 2.60 bits per heavy atom. The minimum Gasteiger partial charge on any atom is -0.461 e. The minimum absolute atomic E-state index is 0.0196. The average molecular weight is 432 g/mol. The third kappa shape index (κ3) is 4.47. The lowest BCUT2D eigenvalue weighted by molar-refractivity contribution is -0.151. The van der Waals surface area contributed by atoms with Gasteiger partial charge in [-0.25, -0.2) is 4.98 Å². The fourth-order valence-corrected chi connectivity index (χ4v) is 6.12. The number of hydrogen-bond donors (Lipinski definition) is 0. The molecule has 1 fully saturated rings. The lowest BCUT2D eigenvalue weighted by Crippen LogP contribution is -2.33. The first kappa shape index (κ1) is 21.5. The molecule has 0 bridgehead atoms. The van der Waals surface area contributed by atoms with Crippen LogP contribution >= 0.6 is 11.3 Å². The predicted molar refractivity (Wildman–Crippen MR) is 120 cm³/mol. The van der Waals surface area contributed by atoms with Gasteiger partial charge < -0.3 is 9.64 Å². The van der Waals surface area contributed by atoms with Crippen molar-refractivity contribution in [3.05, 3.63) is 26.6 Å². The van der Waals surface area contributed by atoms with Gasteiger partial charge in [0.05, 0.1) is 11.9 Å². The van der Waals surface area contributed by atoms with Gasteiger partial charge in [-0.3, -0.25) is 14.2 Å². The summed E-state index contributed by atoms with van der Waals surface area (Å²) in [6.07, 6.45) is 7.04. The molecule has 7 heteroatoms. The van der Waals surface area contributed by atoms with Crippen molar-refractivity contribution in [1.29, 1.82) is 0 Å². The molecule has 0 N–H and O–H groups in total. The summed E-state index contributed by atoms with van der Waals surface area (Å²) in [7, 11) is 3.90. The number of ether oxygens (including phenoxy) is 1. The SMILES string of the molecule is CC1CCC(OC(=O)Cn2c(CN(C)C)nc3sc4c(c3c2=O)CCC(C)C4)CC1. The Morgan fingerprint density at radius 2 is 1.90 bits per heavy atom. The Kier molecular flexibility index (Phi) is 6.30. The zero-order valence-corrected chi connectivity index (χ0v) is 19.4. The van der Waals surface area contributed by atoms with Crippen molar-refractivity contribution in [3.8, 4) is 0 Å². The first-order chi connectivity index (χ1) is 14.3. The summed E-state index contributed by atoms with van der Waals surface area (Å²) in [5, 5.41) is 0.726. The van der Waals surface area contributed by atoms with Crippen molar-refractivity contribution in [3.63, 3.8) is 0 Å². The molecule has 1 atom stereocenters. The molecule has 1 saturated carbocycles. The minimum atomic E-state index is -0.324. The van der Waals surface area contributed by atoms with E-state index in [1.807, 2.05) is 19.0 Å². The zero-order valence-electron chi connectivity index (χ0n) is 18.6. The third-order valence-electron chi connectivity index (χ3n) is 6.50. The highest BCUT2D eigenvalue weighted by Gasteiger charge is 2.26. The summed E-state index contributed by atoms with van der Waals surface area (Å²) in [4.78, 5) is 35.2. The molecule has 1 unspecified atom stereocenters. The number of thiophene rings is 1. The molecular formula is C23H33N3O3S. The number of aryl methyl sites for hydroxylation is 1. The quantitative estimate of drug-likeness (QED) is 0.675. The van der Waals surface area contributed by atoms with Gasteiger partial charge in [0.1, 0.15) is 23.3 Å². The highest BCUT2D eigenvalue weighted by atomic mass is 32.1. The summed E-state index contributed by atoms with van der Waals surface area (Å²) in [6, 6.07) is 0. The number of carbonyl (C=O) groups is 1. The van der Waals surface area contributed by atoms with Crippen molar-refractivity contribution >= 4 is 27.5 Å². The van der Waals surface area contributed by atoms with Crippen LogP contribution in [0, 0.1) is 11.8 Å². The van der Waals surface area contributed by atoms with Crippen molar-refractivity contribution in [1.82, 2.24) is 14.5 Å². The fraction of sp³-hybridized carbons (Fsp3) is 0.696. The molecule has 0 saturated heterocycles. The molecular weight excluding hydrogens is 398 g/mol. The van der Waals surface area contributed by atoms with E-state index in [9.17, 15) is 9.59 Å². The molecule has 0 radical (unpaired) electrons. The largest absolute Gasteiger partial charge is 0.461 e. The second-order valence-corrected chi connectivity index (χ2v) is 10.6. The number of esters is 1. The standard InChI is InChI=1S/C23H33N3O3S/c1-14-5-8-16(9-6-14)29-20(27)13-26-19(12-25(3)4)24-22-21(23(26)28)17-10-7-15(2)11-18(17)30-22/h14-16H,5-13H2,1-4H3. The second-order valence-electron chi connectivity index (χ2n) is 9.56. The molecule has 0 amide bonds. The molecule has 6 nitrogen and oxygen atoms in total. The maximum Gasteiger partial charge on any atom is 0.326 e. The van der Waals surface area contributed by atoms with Gasteiger partial charge in [0.15, 0.2) is 0 Å². The zero-order chi connectivity index (χ0) is 21.4. The molecule has 164 valence electrons. The molecule has 2 aliphatic rings. The molecule has 0 spiro atoms. The Morgan fingerprint density at radius 1 is 1.17 bits per heavy atom. The summed E-state index contributed by atoms with van der Waals surface area (Å²) < 4.78 is 7.30. The molecule has 0 aliphatic heterocycles. The van der Waals surface area contributed by atoms with Crippen LogP contribution in [-0.4, -0.2) is 40.6 Å². The van der Waals surface area contributed by atoms with E-state index in [0.717, 1.165) is 60.7 Å². The van der Waals surface area contributed by atoms with Gasteiger partial charge in [0.25, 0.3) is 5.56 Å². The van der Waals surface area contributed by atoms with Crippen LogP contribution in [0.4, 0.5) is 0 Å². The van der Waals surface area contributed by atoms with Crippen LogP contribution in [0.1, 0.15) is 62.2 Å². The summed E-state index contributed by atoms with van der Waals surface area (Å²) in [5.41, 5.74) is 1.07. The number of aromatic nitrogens is 2. The summed E-state index contributed by atoms with van der Waals surface area (Å²) in [5.74, 6) is 1.66. The van der Waals surface area contributed by atoms with Gasteiger partial charge in [-0.1, -0.05) is 13.8 Å². The number of nitrogens with zero attached hydrogens (tertiary/aromatic N) is 3. The Hall–Kier alpha value is -1.73. The molecule has 2 aromatic rings. The van der Waals surface area contributed by atoms with E-state index < -0.39 is 0 Å². The highest BCUT2D eigenvalue weighted by Crippen LogP contribution is 2.36. The lowest BCUT2D eigenvalue weighted by atomic mass is 9.89. The van der Waals surface area contributed by atoms with E-state index in [4.69, 9.17) is 9.72 Å². The topological polar surface area (TPSA) is 64.4 Å². The Balaban J connectivity index is 1.65. The Labute approximate surface area is 182 Å². The van der Waals surface area contributed by atoms with Crippen molar-refractivity contribution in [2.24, 2.45) is 11.8 Å². The maximum absolute atomic E-state index is 13.5. The van der Waals surface area contributed by atoms with Gasteiger partial charge in [0, 0.05) is 4.88 Å². The van der Waals surface area contributed by atoms with Crippen LogP contribution in [0.5, 0.6) is 0 Å². The van der Waals surface area contributed by atoms with Gasteiger partial charge in [0.2, 0.25) is 0 Å². The Bertz CT molecular complexity index is 986. The van der Waals surface area contributed by atoms with Crippen LogP contribution in [0.2, 0.25) is 0 Å². The number of carbonyl (C=O) groups excluding carboxylic acids is 1. The molecule has 2 aromatic heterocycles. The van der Waals surface area contributed by atoms with E-state index in [2.05, 4.69) is 13.8 Å². The third-order valence-corrected chi connectivity index (χ3v) is 7.65. The maximum atomic E-state index is 13.5. The number of rotatable bonds is 5. The van der Waals surface area contributed by atoms with Gasteiger partial charge in [-0.15, -0.1) is 11.3 Å². The average Bonchev–Trinajstić information content (AvgIpc) is 3.03. The van der Waals surface area contributed by atoms with Crippen LogP contribution in [0.15, 0.2) is 4.79 Å².